The van der Waals surface area contributed by atoms with Crippen LogP contribution in [-0.2, 0) is 6.54 Å². The third-order valence-electron chi connectivity index (χ3n) is 4.69. The molecule has 3 aromatic heterocycles. The average molecular weight is 360 g/mol. The lowest BCUT2D eigenvalue weighted by Gasteiger charge is -2.37. The van der Waals surface area contributed by atoms with Gasteiger partial charge in [0.05, 0.1) is 11.9 Å². The zero-order valence-electron chi connectivity index (χ0n) is 14.0. The lowest BCUT2D eigenvalue weighted by molar-refractivity contribution is 0.200. The number of hydrogen-bond acceptors (Lipinski definition) is 7. The summed E-state index contributed by atoms with van der Waals surface area (Å²) in [5, 5.41) is 4.45. The molecule has 0 radical (unpaired) electrons. The van der Waals surface area contributed by atoms with Crippen LogP contribution in [-0.4, -0.2) is 46.0 Å². The Morgan fingerprint density at radius 1 is 1.25 bits per heavy atom. The van der Waals surface area contributed by atoms with Gasteiger partial charge in [0.15, 0.2) is 0 Å². The van der Waals surface area contributed by atoms with E-state index in [-0.39, 0.29) is 0 Å². The van der Waals surface area contributed by atoms with E-state index in [9.17, 15) is 0 Å². The first kappa shape index (κ1) is 15.9. The lowest BCUT2D eigenvalue weighted by atomic mass is 10.0. The highest BCUT2D eigenvalue weighted by Crippen LogP contribution is 2.31. The van der Waals surface area contributed by atoms with Crippen LogP contribution < -0.4 is 4.90 Å². The summed E-state index contributed by atoms with van der Waals surface area (Å²) >= 11 is 3.48. The van der Waals surface area contributed by atoms with Crippen molar-refractivity contribution in [1.82, 2.24) is 19.9 Å². The molecule has 4 heterocycles. The van der Waals surface area contributed by atoms with Crippen LogP contribution >= 0.6 is 22.7 Å². The van der Waals surface area contributed by atoms with Gasteiger partial charge in [-0.05, 0) is 32.9 Å². The molecule has 0 aromatic carbocycles. The van der Waals surface area contributed by atoms with Gasteiger partial charge in [-0.15, -0.1) is 22.7 Å². The predicted octanol–water partition coefficient (Wildman–Crippen LogP) is 3.56. The van der Waals surface area contributed by atoms with Crippen molar-refractivity contribution in [3.05, 3.63) is 33.9 Å². The Labute approximate surface area is 150 Å². The van der Waals surface area contributed by atoms with E-state index >= 15 is 0 Å². The van der Waals surface area contributed by atoms with Gasteiger partial charge in [-0.25, -0.2) is 15.0 Å². The molecule has 1 saturated heterocycles. The molecule has 0 unspecified atom stereocenters. The maximum atomic E-state index is 4.57. The van der Waals surface area contributed by atoms with Crippen LogP contribution in [0.4, 0.5) is 5.82 Å². The van der Waals surface area contributed by atoms with E-state index < -0.39 is 0 Å². The highest BCUT2D eigenvalue weighted by atomic mass is 32.1. The summed E-state index contributed by atoms with van der Waals surface area (Å²) < 4.78 is 0. The number of hydrogen-bond donors (Lipinski definition) is 0. The Morgan fingerprint density at radius 3 is 2.83 bits per heavy atom. The summed E-state index contributed by atoms with van der Waals surface area (Å²) in [5.41, 5.74) is 0. The van der Waals surface area contributed by atoms with E-state index in [0.717, 1.165) is 43.1 Å². The highest BCUT2D eigenvalue weighted by Gasteiger charge is 2.25. The average Bonchev–Trinajstić information content (AvgIpc) is 3.23. The van der Waals surface area contributed by atoms with Crippen molar-refractivity contribution in [2.75, 3.05) is 25.0 Å². The second kappa shape index (κ2) is 6.74. The zero-order valence-corrected chi connectivity index (χ0v) is 15.6. The van der Waals surface area contributed by atoms with Crippen LogP contribution in [0.25, 0.3) is 10.2 Å². The number of rotatable bonds is 4. The molecule has 0 aliphatic carbocycles. The number of thiophene rings is 1. The molecule has 0 N–H and O–H groups in total. The van der Waals surface area contributed by atoms with Crippen molar-refractivity contribution >= 4 is 38.7 Å². The molecule has 3 aromatic rings. The quantitative estimate of drug-likeness (QED) is 0.713. The lowest BCUT2D eigenvalue weighted by Crippen LogP contribution is -2.43. The number of thiazole rings is 1. The minimum absolute atomic E-state index is 0.617. The van der Waals surface area contributed by atoms with Crippen LogP contribution in [0.1, 0.15) is 22.7 Å². The molecular formula is C17H21N5S2. The Morgan fingerprint density at radius 2 is 2.08 bits per heavy atom. The van der Waals surface area contributed by atoms with Crippen molar-refractivity contribution in [1.29, 1.82) is 0 Å². The Kier molecular flexibility index (Phi) is 4.47. The van der Waals surface area contributed by atoms with Gasteiger partial charge < -0.3 is 4.90 Å². The number of piperidine rings is 1. The predicted molar refractivity (Wildman–Crippen MR) is 101 cm³/mol. The van der Waals surface area contributed by atoms with Crippen molar-refractivity contribution < 1.29 is 0 Å². The van der Waals surface area contributed by atoms with Crippen molar-refractivity contribution in [3.8, 4) is 0 Å². The largest absolute Gasteiger partial charge is 0.356 e. The summed E-state index contributed by atoms with van der Waals surface area (Å²) in [4.78, 5) is 20.6. The summed E-state index contributed by atoms with van der Waals surface area (Å²) in [6.07, 6.45) is 5.92. The van der Waals surface area contributed by atoms with Crippen LogP contribution in [0.15, 0.2) is 24.0 Å². The zero-order chi connectivity index (χ0) is 16.5. The van der Waals surface area contributed by atoms with Crippen LogP contribution in [0, 0.1) is 6.92 Å². The number of nitrogens with zero attached hydrogens (tertiary/aromatic N) is 5. The van der Waals surface area contributed by atoms with Gasteiger partial charge in [0.1, 0.15) is 22.0 Å². The first-order valence-corrected chi connectivity index (χ1v) is 9.95. The molecule has 5 nitrogen and oxygen atoms in total. The summed E-state index contributed by atoms with van der Waals surface area (Å²) in [7, 11) is 2.22. The first-order valence-electron chi connectivity index (χ1n) is 8.25. The number of fused-ring (bicyclic) bond motifs is 1. The van der Waals surface area contributed by atoms with Crippen molar-refractivity contribution in [3.63, 3.8) is 0 Å². The molecule has 24 heavy (non-hydrogen) atoms. The monoisotopic (exact) mass is 359 g/mol. The molecule has 126 valence electrons. The third kappa shape index (κ3) is 3.16. The maximum absolute atomic E-state index is 4.57. The molecule has 0 amide bonds. The molecule has 0 saturated carbocycles. The van der Waals surface area contributed by atoms with E-state index in [2.05, 4.69) is 50.2 Å². The van der Waals surface area contributed by atoms with Gasteiger partial charge in [-0.1, -0.05) is 0 Å². The molecule has 0 spiro atoms. The van der Waals surface area contributed by atoms with E-state index in [4.69, 9.17) is 0 Å². The molecule has 1 fully saturated rings. The fourth-order valence-electron chi connectivity index (χ4n) is 3.41. The van der Waals surface area contributed by atoms with Crippen molar-refractivity contribution in [2.45, 2.75) is 32.4 Å². The van der Waals surface area contributed by atoms with Gasteiger partial charge in [0, 0.05) is 35.6 Å². The fourth-order valence-corrected chi connectivity index (χ4v) is 4.93. The van der Waals surface area contributed by atoms with Gasteiger partial charge in [0.2, 0.25) is 0 Å². The number of aromatic nitrogens is 3. The van der Waals surface area contributed by atoms with Crippen LogP contribution in [0.2, 0.25) is 0 Å². The number of anilines is 1. The Bertz CT molecular complexity index is 806. The second-order valence-electron chi connectivity index (χ2n) is 6.33. The summed E-state index contributed by atoms with van der Waals surface area (Å²) in [5.74, 6) is 1.10. The van der Waals surface area contributed by atoms with Crippen LogP contribution in [0.5, 0.6) is 0 Å². The Hall–Kier alpha value is -1.57. The number of aryl methyl sites for hydroxylation is 1. The molecule has 0 atom stereocenters. The molecule has 0 bridgehead atoms. The molecular weight excluding hydrogens is 338 g/mol. The molecule has 7 heteroatoms. The highest BCUT2D eigenvalue weighted by molar-refractivity contribution is 7.18. The third-order valence-corrected chi connectivity index (χ3v) is 6.41. The SMILES string of the molecule is Cc1cc2c(N3CCC(N(C)Cc4nccs4)CC3)ncnc2s1. The van der Waals surface area contributed by atoms with Crippen molar-refractivity contribution in [2.24, 2.45) is 0 Å². The van der Waals surface area contributed by atoms with E-state index in [0.29, 0.717) is 6.04 Å². The molecule has 4 rings (SSSR count). The standard InChI is InChI=1S/C17H21N5S2/c1-12-9-14-16(19-11-20-17(14)24-12)22-6-3-13(4-7-22)21(2)10-15-18-5-8-23-15/h5,8-9,11,13H,3-4,6-7,10H2,1-2H3. The topological polar surface area (TPSA) is 45.2 Å². The smallest absolute Gasteiger partial charge is 0.140 e. The normalized spacial score (nSPS) is 16.4. The van der Waals surface area contributed by atoms with Crippen LogP contribution in [0.3, 0.4) is 0 Å². The van der Waals surface area contributed by atoms with E-state index in [1.54, 1.807) is 29.0 Å². The minimum atomic E-state index is 0.617. The summed E-state index contributed by atoms with van der Waals surface area (Å²) in [6.45, 7) is 5.18. The van der Waals surface area contributed by atoms with Gasteiger partial charge in [-0.3, -0.25) is 4.90 Å². The molecule has 1 aliphatic rings. The van der Waals surface area contributed by atoms with Gasteiger partial charge in [-0.2, -0.15) is 0 Å². The van der Waals surface area contributed by atoms with E-state index in [1.807, 2.05) is 6.20 Å². The summed E-state index contributed by atoms with van der Waals surface area (Å²) in [6, 6.07) is 2.84. The second-order valence-corrected chi connectivity index (χ2v) is 8.55. The van der Waals surface area contributed by atoms with Gasteiger partial charge >= 0.3 is 0 Å². The fraction of sp³-hybridized carbons (Fsp3) is 0.471. The van der Waals surface area contributed by atoms with E-state index in [1.165, 1.54) is 15.3 Å². The Balaban J connectivity index is 1.43. The first-order chi connectivity index (χ1) is 11.7. The van der Waals surface area contributed by atoms with Gasteiger partial charge in [0.25, 0.3) is 0 Å². The minimum Gasteiger partial charge on any atom is -0.356 e. The maximum Gasteiger partial charge on any atom is 0.140 e. The molecule has 1 aliphatic heterocycles.